The number of aromatic hydroxyl groups is 1. The summed E-state index contributed by atoms with van der Waals surface area (Å²) in [7, 11) is 2.95. The molecule has 6 atom stereocenters. The third-order valence-corrected chi connectivity index (χ3v) is 8.52. The van der Waals surface area contributed by atoms with Gasteiger partial charge in [0.05, 0.1) is 23.6 Å². The van der Waals surface area contributed by atoms with Crippen LogP contribution in [0.2, 0.25) is 0 Å². The minimum Gasteiger partial charge on any atom is -0.508 e. The van der Waals surface area contributed by atoms with Gasteiger partial charge in [0.15, 0.2) is 11.4 Å². The second-order valence-corrected chi connectivity index (χ2v) is 10.6. The molecule has 1 aromatic rings. The summed E-state index contributed by atoms with van der Waals surface area (Å²) in [6, 6.07) is 2.11. The minimum absolute atomic E-state index is 0.0151. The number of aliphatic hydroxyl groups is 4. The first-order valence-electron chi connectivity index (χ1n) is 12.2. The van der Waals surface area contributed by atoms with Crippen LogP contribution in [0.1, 0.15) is 48.8 Å². The van der Waals surface area contributed by atoms with E-state index in [1.807, 2.05) is 6.08 Å². The lowest BCUT2D eigenvalue weighted by Gasteiger charge is -2.53. The molecule has 1 aromatic carbocycles. The molecule has 0 spiro atoms. The second kappa shape index (κ2) is 8.27. The number of fused-ring (bicyclic) bond motifs is 3. The fourth-order valence-electron chi connectivity index (χ4n) is 6.79. The molecule has 10 nitrogen and oxygen atoms in total. The van der Waals surface area contributed by atoms with Gasteiger partial charge in [-0.15, -0.1) is 0 Å². The molecule has 4 aliphatic rings. The van der Waals surface area contributed by atoms with Crippen molar-refractivity contribution < 1.29 is 39.9 Å². The van der Waals surface area contributed by atoms with Gasteiger partial charge in [-0.2, -0.15) is 0 Å². The quantitative estimate of drug-likeness (QED) is 0.324. The zero-order chi connectivity index (χ0) is 27.1. The van der Waals surface area contributed by atoms with Gasteiger partial charge in [-0.1, -0.05) is 25.1 Å². The predicted molar refractivity (Wildman–Crippen MR) is 132 cm³/mol. The number of aliphatic hydroxyl groups excluding tert-OH is 3. The Balaban J connectivity index is 1.78. The largest absolute Gasteiger partial charge is 0.508 e. The van der Waals surface area contributed by atoms with Gasteiger partial charge in [-0.25, -0.2) is 0 Å². The molecule has 1 saturated carbocycles. The number of phenols is 1. The number of Topliss-reactive ketones (excluding diaryl/α,β-unsaturated/α-hetero) is 2. The fourth-order valence-corrected chi connectivity index (χ4v) is 6.79. The van der Waals surface area contributed by atoms with Gasteiger partial charge in [-0.3, -0.25) is 19.3 Å². The lowest BCUT2D eigenvalue weighted by atomic mass is 9.54. The van der Waals surface area contributed by atoms with Gasteiger partial charge in [0.2, 0.25) is 5.78 Å². The van der Waals surface area contributed by atoms with E-state index in [1.54, 1.807) is 19.1 Å². The van der Waals surface area contributed by atoms with Crippen LogP contribution in [0.15, 0.2) is 35.1 Å². The Hall–Kier alpha value is -3.47. The molecule has 0 aliphatic heterocycles. The molecular formula is C27H30N2O8. The fraction of sp³-hybridized carbons (Fsp3) is 0.444. The SMILES string of the molecule is C[C@@H]1c2ccc(C3=CCCC3)c(O)c2C(O)=C2C(=O)[C@@]3(O)C(O)=C(C(N)=O)C(=O)[C@H](N(C)C)[C@H]3[C@H](O)[C@H]21. The Morgan fingerprint density at radius 2 is 1.84 bits per heavy atom. The molecule has 1 fully saturated rings. The first-order chi connectivity index (χ1) is 17.3. The van der Waals surface area contributed by atoms with Crippen LogP contribution in [0.3, 0.4) is 0 Å². The number of nitrogens with two attached hydrogens (primary N) is 1. The summed E-state index contributed by atoms with van der Waals surface area (Å²) in [5.41, 5.74) is 3.03. The zero-order valence-corrected chi connectivity index (χ0v) is 20.7. The van der Waals surface area contributed by atoms with Crippen molar-refractivity contribution in [1.82, 2.24) is 4.90 Å². The molecule has 7 N–H and O–H groups in total. The van der Waals surface area contributed by atoms with E-state index in [2.05, 4.69) is 0 Å². The maximum absolute atomic E-state index is 14.0. The molecule has 0 radical (unpaired) electrons. The van der Waals surface area contributed by atoms with Crippen LogP contribution in [-0.4, -0.2) is 79.7 Å². The van der Waals surface area contributed by atoms with Gasteiger partial charge >= 0.3 is 0 Å². The predicted octanol–water partition coefficient (Wildman–Crippen LogP) is 1.06. The highest BCUT2D eigenvalue weighted by Crippen LogP contribution is 2.56. The van der Waals surface area contributed by atoms with Crippen LogP contribution < -0.4 is 5.73 Å². The van der Waals surface area contributed by atoms with E-state index in [-0.39, 0.29) is 16.9 Å². The normalized spacial score (nSPS) is 33.4. The maximum Gasteiger partial charge on any atom is 0.255 e. The van der Waals surface area contributed by atoms with Crippen molar-refractivity contribution in [2.24, 2.45) is 17.6 Å². The molecule has 0 saturated heterocycles. The van der Waals surface area contributed by atoms with E-state index >= 15 is 0 Å². The number of hydrogen-bond acceptors (Lipinski definition) is 9. The van der Waals surface area contributed by atoms with Crippen LogP contribution in [0, 0.1) is 11.8 Å². The van der Waals surface area contributed by atoms with Gasteiger partial charge in [0, 0.05) is 17.1 Å². The standard InChI is InChI=1S/C27H30N2O8/c1-10-12-8-9-13(11-6-4-5-7-11)20(30)15(12)21(31)16-14(10)22(32)18-19(29(2)3)23(33)17(26(28)36)25(35)27(18,37)24(16)34/h6,8-10,14,18-19,22,30-32,35,37H,4-5,7H2,1-3H3,(H2,28,36)/t10-,14+,18+,19-,22-,27-/m1/s1. The minimum atomic E-state index is -2.91. The Kier molecular flexibility index (Phi) is 5.63. The molecule has 5 rings (SSSR count). The highest BCUT2D eigenvalue weighted by Gasteiger charge is 2.68. The molecule has 0 unspecified atom stereocenters. The summed E-state index contributed by atoms with van der Waals surface area (Å²) in [6.45, 7) is 1.71. The number of carbonyl (C=O) groups excluding carboxylic acids is 3. The Morgan fingerprint density at radius 1 is 1.16 bits per heavy atom. The Labute approximate surface area is 213 Å². The number of carbonyl (C=O) groups is 3. The van der Waals surface area contributed by atoms with Gasteiger partial charge in [0.1, 0.15) is 22.8 Å². The van der Waals surface area contributed by atoms with Crippen molar-refractivity contribution in [2.45, 2.75) is 49.9 Å². The Bertz CT molecular complexity index is 1360. The van der Waals surface area contributed by atoms with Gasteiger partial charge < -0.3 is 31.3 Å². The monoisotopic (exact) mass is 510 g/mol. The number of benzene rings is 1. The molecule has 4 aliphatic carbocycles. The number of nitrogens with zero attached hydrogens (tertiary/aromatic N) is 1. The molecule has 196 valence electrons. The third kappa shape index (κ3) is 3.12. The molecular weight excluding hydrogens is 480 g/mol. The first-order valence-corrected chi connectivity index (χ1v) is 12.2. The van der Waals surface area contributed by atoms with Crippen molar-refractivity contribution in [2.75, 3.05) is 14.1 Å². The highest BCUT2D eigenvalue weighted by molar-refractivity contribution is 6.24. The van der Waals surface area contributed by atoms with Crippen LogP contribution >= 0.6 is 0 Å². The summed E-state index contributed by atoms with van der Waals surface area (Å²) in [5.74, 6) is -8.77. The third-order valence-electron chi connectivity index (χ3n) is 8.52. The number of primary amides is 1. The lowest BCUT2D eigenvalue weighted by Crippen LogP contribution is -2.70. The number of allylic oxidation sites excluding steroid dienone is 2. The zero-order valence-electron chi connectivity index (χ0n) is 20.7. The van der Waals surface area contributed by atoms with Crippen LogP contribution in [0.4, 0.5) is 0 Å². The molecule has 0 aromatic heterocycles. The van der Waals surface area contributed by atoms with E-state index < -0.39 is 70.1 Å². The number of hydrogen-bond donors (Lipinski definition) is 6. The summed E-state index contributed by atoms with van der Waals surface area (Å²) < 4.78 is 0. The van der Waals surface area contributed by atoms with E-state index in [4.69, 9.17) is 5.73 Å². The maximum atomic E-state index is 14.0. The molecule has 0 bridgehead atoms. The van der Waals surface area contributed by atoms with Crippen molar-refractivity contribution in [1.29, 1.82) is 0 Å². The first kappa shape index (κ1) is 25.2. The lowest BCUT2D eigenvalue weighted by molar-refractivity contribution is -0.169. The van der Waals surface area contributed by atoms with Gasteiger partial charge in [-0.05, 0) is 50.4 Å². The van der Waals surface area contributed by atoms with E-state index in [0.29, 0.717) is 11.1 Å². The number of amides is 1. The van der Waals surface area contributed by atoms with Crippen LogP contribution in [-0.2, 0) is 14.4 Å². The number of likely N-dealkylation sites (N-methyl/N-ethyl adjacent to an activating group) is 1. The van der Waals surface area contributed by atoms with Gasteiger partial charge in [0.25, 0.3) is 5.91 Å². The average molecular weight is 511 g/mol. The summed E-state index contributed by atoms with van der Waals surface area (Å²) in [5, 5.41) is 56.9. The smallest absolute Gasteiger partial charge is 0.255 e. The molecule has 10 heteroatoms. The summed E-state index contributed by atoms with van der Waals surface area (Å²) >= 11 is 0. The summed E-state index contributed by atoms with van der Waals surface area (Å²) in [6.07, 6.45) is 2.93. The van der Waals surface area contributed by atoms with Crippen molar-refractivity contribution in [3.05, 3.63) is 51.8 Å². The molecule has 1 amide bonds. The van der Waals surface area contributed by atoms with E-state index in [0.717, 1.165) is 24.8 Å². The Morgan fingerprint density at radius 3 is 2.41 bits per heavy atom. The second-order valence-electron chi connectivity index (χ2n) is 10.6. The van der Waals surface area contributed by atoms with Crippen molar-refractivity contribution >= 4 is 28.8 Å². The number of phenolic OH excluding ortho intramolecular Hbond substituents is 1. The molecule has 37 heavy (non-hydrogen) atoms. The van der Waals surface area contributed by atoms with Crippen LogP contribution in [0.25, 0.3) is 11.3 Å². The topological polar surface area (TPSA) is 182 Å². The van der Waals surface area contributed by atoms with Crippen molar-refractivity contribution in [3.8, 4) is 5.75 Å². The van der Waals surface area contributed by atoms with Crippen molar-refractivity contribution in [3.63, 3.8) is 0 Å². The van der Waals surface area contributed by atoms with E-state index in [1.165, 1.54) is 19.0 Å². The summed E-state index contributed by atoms with van der Waals surface area (Å²) in [4.78, 5) is 40.6. The average Bonchev–Trinajstić information content (AvgIpc) is 3.35. The highest BCUT2D eigenvalue weighted by atomic mass is 16.4. The number of ketones is 2. The number of rotatable bonds is 3. The molecule has 0 heterocycles. The van der Waals surface area contributed by atoms with Crippen LogP contribution in [0.5, 0.6) is 5.75 Å². The van der Waals surface area contributed by atoms with E-state index in [9.17, 15) is 39.9 Å².